The number of hydrogen-bond acceptors (Lipinski definition) is 4. The first-order valence-electron chi connectivity index (χ1n) is 5.41. The van der Waals surface area contributed by atoms with E-state index >= 15 is 0 Å². The van der Waals surface area contributed by atoms with E-state index in [9.17, 15) is 4.79 Å². The van der Waals surface area contributed by atoms with Crippen molar-refractivity contribution in [1.82, 2.24) is 15.0 Å². The zero-order chi connectivity index (χ0) is 11.8. The second-order valence-corrected chi connectivity index (χ2v) is 5.23. The zero-order valence-electron chi connectivity index (χ0n) is 9.01. The second-order valence-electron chi connectivity index (χ2n) is 4.08. The number of imidazole rings is 1. The SMILES string of the molecule is O=C(O)c1cnc2nc(C3CCSC3)[nH]c2c1. The average Bonchev–Trinajstić information content (AvgIpc) is 2.96. The lowest BCUT2D eigenvalue weighted by Gasteiger charge is -2.01. The Balaban J connectivity index is 2.03. The van der Waals surface area contributed by atoms with Crippen LogP contribution in [-0.4, -0.2) is 37.5 Å². The number of nitrogens with zero attached hydrogens (tertiary/aromatic N) is 2. The van der Waals surface area contributed by atoms with Crippen molar-refractivity contribution in [1.29, 1.82) is 0 Å². The summed E-state index contributed by atoms with van der Waals surface area (Å²) in [6, 6.07) is 1.59. The molecule has 3 heterocycles. The molecule has 3 rings (SSSR count). The third-order valence-corrected chi connectivity index (χ3v) is 4.08. The molecule has 0 amide bonds. The molecule has 2 aromatic rings. The topological polar surface area (TPSA) is 78.9 Å². The highest BCUT2D eigenvalue weighted by molar-refractivity contribution is 7.99. The molecule has 88 valence electrons. The van der Waals surface area contributed by atoms with Gasteiger partial charge in [-0.15, -0.1) is 0 Å². The van der Waals surface area contributed by atoms with Crippen molar-refractivity contribution in [2.24, 2.45) is 0 Å². The van der Waals surface area contributed by atoms with Crippen LogP contribution in [-0.2, 0) is 0 Å². The van der Waals surface area contributed by atoms with Gasteiger partial charge in [-0.25, -0.2) is 14.8 Å². The quantitative estimate of drug-likeness (QED) is 0.849. The number of aromatic carboxylic acids is 1. The third-order valence-electron chi connectivity index (χ3n) is 2.92. The van der Waals surface area contributed by atoms with Crippen LogP contribution in [0.1, 0.15) is 28.5 Å². The Morgan fingerprint density at radius 3 is 3.18 bits per heavy atom. The Labute approximate surface area is 102 Å². The summed E-state index contributed by atoms with van der Waals surface area (Å²) in [6.45, 7) is 0. The summed E-state index contributed by atoms with van der Waals surface area (Å²) < 4.78 is 0. The first-order valence-corrected chi connectivity index (χ1v) is 6.56. The lowest BCUT2D eigenvalue weighted by atomic mass is 10.1. The Hall–Kier alpha value is -1.56. The van der Waals surface area contributed by atoms with E-state index in [0.29, 0.717) is 17.1 Å². The van der Waals surface area contributed by atoms with Crippen molar-refractivity contribution in [3.05, 3.63) is 23.7 Å². The van der Waals surface area contributed by atoms with Crippen LogP contribution in [0.5, 0.6) is 0 Å². The van der Waals surface area contributed by atoms with Gasteiger partial charge in [-0.1, -0.05) is 0 Å². The molecule has 5 nitrogen and oxygen atoms in total. The molecule has 2 N–H and O–H groups in total. The fourth-order valence-electron chi connectivity index (χ4n) is 1.98. The fraction of sp³-hybridized carbons (Fsp3) is 0.364. The van der Waals surface area contributed by atoms with E-state index in [-0.39, 0.29) is 5.56 Å². The van der Waals surface area contributed by atoms with E-state index in [1.807, 2.05) is 11.8 Å². The van der Waals surface area contributed by atoms with Crippen LogP contribution in [0, 0.1) is 0 Å². The second kappa shape index (κ2) is 4.03. The van der Waals surface area contributed by atoms with Crippen molar-refractivity contribution in [2.45, 2.75) is 12.3 Å². The molecule has 1 atom stereocenters. The Morgan fingerprint density at radius 1 is 1.59 bits per heavy atom. The first-order chi connectivity index (χ1) is 8.24. The number of carboxylic acids is 1. The molecule has 0 aliphatic carbocycles. The molecule has 1 saturated heterocycles. The molecule has 0 spiro atoms. The Morgan fingerprint density at radius 2 is 2.47 bits per heavy atom. The predicted octanol–water partition coefficient (Wildman–Crippen LogP) is 1.88. The van der Waals surface area contributed by atoms with Gasteiger partial charge in [-0.3, -0.25) is 0 Å². The standard InChI is InChI=1S/C11H11N3O2S/c15-11(16)7-3-8-10(12-4-7)14-9(13-8)6-1-2-17-5-6/h3-4,6H,1-2,5H2,(H,15,16)(H,12,13,14). The van der Waals surface area contributed by atoms with Gasteiger partial charge in [0.15, 0.2) is 5.65 Å². The number of fused-ring (bicyclic) bond motifs is 1. The smallest absolute Gasteiger partial charge is 0.337 e. The molecule has 1 unspecified atom stereocenters. The Bertz CT molecular complexity index is 575. The maximum Gasteiger partial charge on any atom is 0.337 e. The van der Waals surface area contributed by atoms with E-state index in [4.69, 9.17) is 5.11 Å². The van der Waals surface area contributed by atoms with Crippen molar-refractivity contribution >= 4 is 28.9 Å². The highest BCUT2D eigenvalue weighted by atomic mass is 32.2. The zero-order valence-corrected chi connectivity index (χ0v) is 9.83. The summed E-state index contributed by atoms with van der Waals surface area (Å²) in [5.74, 6) is 2.65. The summed E-state index contributed by atoms with van der Waals surface area (Å²) in [7, 11) is 0. The number of H-pyrrole nitrogens is 1. The van der Waals surface area contributed by atoms with Crippen LogP contribution in [0.3, 0.4) is 0 Å². The molecule has 1 aliphatic heterocycles. The van der Waals surface area contributed by atoms with E-state index in [1.165, 1.54) is 6.20 Å². The lowest BCUT2D eigenvalue weighted by molar-refractivity contribution is 0.0696. The molecule has 1 aliphatic rings. The molecule has 17 heavy (non-hydrogen) atoms. The summed E-state index contributed by atoms with van der Waals surface area (Å²) in [4.78, 5) is 22.5. The minimum Gasteiger partial charge on any atom is -0.478 e. The number of hydrogen-bond donors (Lipinski definition) is 2. The average molecular weight is 249 g/mol. The van der Waals surface area contributed by atoms with Crippen molar-refractivity contribution in [3.63, 3.8) is 0 Å². The number of pyridine rings is 1. The fourth-order valence-corrected chi connectivity index (χ4v) is 3.21. The summed E-state index contributed by atoms with van der Waals surface area (Å²) in [5.41, 5.74) is 1.49. The molecule has 2 aromatic heterocycles. The van der Waals surface area contributed by atoms with Gasteiger partial charge in [0.2, 0.25) is 0 Å². The number of aromatic nitrogens is 3. The van der Waals surface area contributed by atoms with E-state index in [2.05, 4.69) is 15.0 Å². The van der Waals surface area contributed by atoms with Crippen LogP contribution < -0.4 is 0 Å². The van der Waals surface area contributed by atoms with E-state index < -0.39 is 5.97 Å². The minimum atomic E-state index is -0.966. The van der Waals surface area contributed by atoms with Crippen LogP contribution in [0.2, 0.25) is 0 Å². The summed E-state index contributed by atoms with van der Waals surface area (Å²) in [6.07, 6.45) is 2.47. The molecule has 0 aromatic carbocycles. The molecule has 0 radical (unpaired) electrons. The molecule has 1 fully saturated rings. The van der Waals surface area contributed by atoms with Gasteiger partial charge in [-0.05, 0) is 18.2 Å². The number of carboxylic acid groups (broad SMARTS) is 1. The van der Waals surface area contributed by atoms with Gasteiger partial charge < -0.3 is 10.1 Å². The van der Waals surface area contributed by atoms with Crippen molar-refractivity contribution < 1.29 is 9.90 Å². The summed E-state index contributed by atoms with van der Waals surface area (Å²) >= 11 is 1.92. The van der Waals surface area contributed by atoms with Crippen molar-refractivity contribution in [2.75, 3.05) is 11.5 Å². The molecular formula is C11H11N3O2S. The molecule has 0 bridgehead atoms. The monoisotopic (exact) mass is 249 g/mol. The number of carbonyl (C=O) groups is 1. The lowest BCUT2D eigenvalue weighted by Crippen LogP contribution is -1.98. The Kier molecular flexibility index (Phi) is 2.51. The first kappa shape index (κ1) is 10.6. The van der Waals surface area contributed by atoms with Gasteiger partial charge in [-0.2, -0.15) is 11.8 Å². The third kappa shape index (κ3) is 1.88. The van der Waals surface area contributed by atoms with Crippen LogP contribution in [0.4, 0.5) is 0 Å². The normalized spacial score (nSPS) is 19.9. The number of rotatable bonds is 2. The van der Waals surface area contributed by atoms with Gasteiger partial charge in [0.1, 0.15) is 5.82 Å². The van der Waals surface area contributed by atoms with Crippen LogP contribution in [0.25, 0.3) is 11.2 Å². The van der Waals surface area contributed by atoms with E-state index in [0.717, 1.165) is 23.8 Å². The predicted molar refractivity (Wildman–Crippen MR) is 65.5 cm³/mol. The molecule has 0 saturated carbocycles. The van der Waals surface area contributed by atoms with E-state index in [1.54, 1.807) is 6.07 Å². The number of thioether (sulfide) groups is 1. The molecular weight excluding hydrogens is 238 g/mol. The number of nitrogens with one attached hydrogen (secondary N) is 1. The largest absolute Gasteiger partial charge is 0.478 e. The number of aromatic amines is 1. The van der Waals surface area contributed by atoms with Crippen LogP contribution in [0.15, 0.2) is 12.3 Å². The maximum absolute atomic E-state index is 10.8. The summed E-state index contributed by atoms with van der Waals surface area (Å²) in [5, 5.41) is 8.88. The van der Waals surface area contributed by atoms with Crippen LogP contribution >= 0.6 is 11.8 Å². The van der Waals surface area contributed by atoms with Gasteiger partial charge in [0.05, 0.1) is 11.1 Å². The minimum absolute atomic E-state index is 0.188. The van der Waals surface area contributed by atoms with Gasteiger partial charge in [0, 0.05) is 17.9 Å². The maximum atomic E-state index is 10.8. The van der Waals surface area contributed by atoms with Gasteiger partial charge in [0.25, 0.3) is 0 Å². The molecule has 6 heteroatoms. The van der Waals surface area contributed by atoms with Gasteiger partial charge >= 0.3 is 5.97 Å². The highest BCUT2D eigenvalue weighted by Gasteiger charge is 2.21. The highest BCUT2D eigenvalue weighted by Crippen LogP contribution is 2.31. The van der Waals surface area contributed by atoms with Crippen molar-refractivity contribution in [3.8, 4) is 0 Å².